The van der Waals surface area contributed by atoms with Crippen LogP contribution in [0.25, 0.3) is 0 Å². The molecule has 0 aliphatic heterocycles. The van der Waals surface area contributed by atoms with E-state index < -0.39 is 10.8 Å². The van der Waals surface area contributed by atoms with Crippen LogP contribution in [0.2, 0.25) is 0 Å². The second kappa shape index (κ2) is 12.8. The van der Waals surface area contributed by atoms with Gasteiger partial charge in [0.2, 0.25) is 0 Å². The molecule has 2 aliphatic rings. The molecular weight excluding hydrogens is 497 g/mol. The number of guanidine groups is 1. The molecular formula is C22H36IN3O2S. The number of para-hydroxylation sites is 1. The Labute approximate surface area is 195 Å². The van der Waals surface area contributed by atoms with Gasteiger partial charge in [0.25, 0.3) is 0 Å². The van der Waals surface area contributed by atoms with E-state index in [1.54, 1.807) is 0 Å². The third-order valence-electron chi connectivity index (χ3n) is 5.69. The van der Waals surface area contributed by atoms with Crippen LogP contribution in [0.15, 0.2) is 29.3 Å². The summed E-state index contributed by atoms with van der Waals surface area (Å²) in [7, 11) is -0.707. The molecule has 164 valence electrons. The monoisotopic (exact) mass is 533 g/mol. The summed E-state index contributed by atoms with van der Waals surface area (Å²) in [5, 5.41) is 7.26. The van der Waals surface area contributed by atoms with E-state index in [0.717, 1.165) is 68.1 Å². The number of benzene rings is 1. The number of hydrogen-bond donors (Lipinski definition) is 2. The van der Waals surface area contributed by atoms with Gasteiger partial charge < -0.3 is 15.4 Å². The summed E-state index contributed by atoms with van der Waals surface area (Å²) < 4.78 is 18.3. The highest BCUT2D eigenvalue weighted by Crippen LogP contribution is 2.28. The second-order valence-electron chi connectivity index (χ2n) is 7.77. The third-order valence-corrected chi connectivity index (χ3v) is 7.43. The molecule has 3 unspecified atom stereocenters. The average Bonchev–Trinajstić information content (AvgIpc) is 2.69. The fourth-order valence-corrected chi connectivity index (χ4v) is 5.19. The van der Waals surface area contributed by atoms with E-state index in [1.807, 2.05) is 19.1 Å². The largest absolute Gasteiger partial charge is 0.490 e. The van der Waals surface area contributed by atoms with E-state index in [4.69, 9.17) is 9.73 Å². The summed E-state index contributed by atoms with van der Waals surface area (Å²) in [6, 6.07) is 8.57. The second-order valence-corrected chi connectivity index (χ2v) is 9.78. The third kappa shape index (κ3) is 7.42. The molecule has 3 atom stereocenters. The maximum atomic E-state index is 12.2. The molecule has 2 fully saturated rings. The molecule has 7 heteroatoms. The standard InChI is InChI=1S/C22H35N3O2S.HI/c1-3-23-22(25-18-10-7-13-20(15-18)28(26)4-2)24-16-17-9-5-6-14-21(17)27-19-11-8-12-19;/h5-6,9,14,18-20H,3-4,7-8,10-13,15-16H2,1-2H3,(H2,23,24,25);1H. The molecule has 0 radical (unpaired) electrons. The summed E-state index contributed by atoms with van der Waals surface area (Å²) in [4.78, 5) is 4.82. The van der Waals surface area contributed by atoms with Crippen molar-refractivity contribution in [2.24, 2.45) is 4.99 Å². The number of halogens is 1. The van der Waals surface area contributed by atoms with Crippen LogP contribution in [-0.2, 0) is 17.3 Å². The summed E-state index contributed by atoms with van der Waals surface area (Å²) in [5.41, 5.74) is 1.13. The van der Waals surface area contributed by atoms with Gasteiger partial charge in [-0.2, -0.15) is 0 Å². The molecule has 0 heterocycles. The molecule has 5 nitrogen and oxygen atoms in total. The van der Waals surface area contributed by atoms with Gasteiger partial charge in [-0.3, -0.25) is 4.21 Å². The van der Waals surface area contributed by atoms with Crippen LogP contribution in [0.1, 0.15) is 64.4 Å². The van der Waals surface area contributed by atoms with Crippen molar-refractivity contribution >= 4 is 40.7 Å². The highest BCUT2D eigenvalue weighted by Gasteiger charge is 2.26. The lowest BCUT2D eigenvalue weighted by Crippen LogP contribution is -2.46. The summed E-state index contributed by atoms with van der Waals surface area (Å²) in [6.07, 6.45) is 8.24. The van der Waals surface area contributed by atoms with Crippen molar-refractivity contribution in [2.45, 2.75) is 82.7 Å². The minimum atomic E-state index is -0.707. The number of rotatable bonds is 8. The number of nitrogens with zero attached hydrogens (tertiary/aromatic N) is 1. The number of nitrogens with one attached hydrogen (secondary N) is 2. The number of aliphatic imine (C=N–C) groups is 1. The van der Waals surface area contributed by atoms with E-state index in [2.05, 4.69) is 29.7 Å². The van der Waals surface area contributed by atoms with Crippen LogP contribution in [0.4, 0.5) is 0 Å². The lowest BCUT2D eigenvalue weighted by molar-refractivity contribution is 0.119. The van der Waals surface area contributed by atoms with E-state index in [1.165, 1.54) is 6.42 Å². The highest BCUT2D eigenvalue weighted by molar-refractivity contribution is 14.0. The zero-order valence-corrected chi connectivity index (χ0v) is 20.8. The van der Waals surface area contributed by atoms with Gasteiger partial charge in [0, 0.05) is 40.0 Å². The van der Waals surface area contributed by atoms with Crippen molar-refractivity contribution in [3.63, 3.8) is 0 Å². The fraction of sp³-hybridized carbons (Fsp3) is 0.682. The van der Waals surface area contributed by atoms with Gasteiger partial charge in [0.1, 0.15) is 5.75 Å². The Kier molecular flexibility index (Phi) is 10.8. The molecule has 29 heavy (non-hydrogen) atoms. The average molecular weight is 534 g/mol. The first-order chi connectivity index (χ1) is 13.7. The van der Waals surface area contributed by atoms with Gasteiger partial charge in [-0.15, -0.1) is 24.0 Å². The normalized spacial score (nSPS) is 23.4. The quantitative estimate of drug-likeness (QED) is 0.296. The Balaban J connectivity index is 0.00000300. The molecule has 0 saturated heterocycles. The van der Waals surface area contributed by atoms with Gasteiger partial charge in [0.05, 0.1) is 12.6 Å². The molecule has 3 rings (SSSR count). The number of hydrogen-bond acceptors (Lipinski definition) is 3. The van der Waals surface area contributed by atoms with Crippen LogP contribution < -0.4 is 15.4 Å². The Hall–Kier alpha value is -0.830. The highest BCUT2D eigenvalue weighted by atomic mass is 127. The van der Waals surface area contributed by atoms with Crippen LogP contribution in [-0.4, -0.2) is 39.9 Å². The smallest absolute Gasteiger partial charge is 0.191 e. The summed E-state index contributed by atoms with van der Waals surface area (Å²) >= 11 is 0. The maximum absolute atomic E-state index is 12.2. The molecule has 1 aromatic rings. The van der Waals surface area contributed by atoms with Crippen LogP contribution in [0, 0.1) is 0 Å². The Bertz CT molecular complexity index is 682. The summed E-state index contributed by atoms with van der Waals surface area (Å²) in [5.74, 6) is 2.56. The molecule has 0 spiro atoms. The van der Waals surface area contributed by atoms with Gasteiger partial charge in [-0.25, -0.2) is 4.99 Å². The molecule has 2 saturated carbocycles. The summed E-state index contributed by atoms with van der Waals surface area (Å²) in [6.45, 7) is 5.51. The first-order valence-electron chi connectivity index (χ1n) is 10.9. The predicted octanol–water partition coefficient (Wildman–Crippen LogP) is 4.37. The van der Waals surface area contributed by atoms with Gasteiger partial charge in [0.15, 0.2) is 5.96 Å². The van der Waals surface area contributed by atoms with Crippen LogP contribution >= 0.6 is 24.0 Å². The molecule has 0 amide bonds. The minimum absolute atomic E-state index is 0. The first kappa shape index (κ1) is 24.4. The maximum Gasteiger partial charge on any atom is 0.191 e. The van der Waals surface area contributed by atoms with Crippen molar-refractivity contribution in [1.29, 1.82) is 0 Å². The van der Waals surface area contributed by atoms with Gasteiger partial charge in [-0.05, 0) is 51.5 Å². The molecule has 0 bridgehead atoms. The zero-order chi connectivity index (χ0) is 19.8. The lowest BCUT2D eigenvalue weighted by atomic mass is 9.95. The van der Waals surface area contributed by atoms with Crippen LogP contribution in [0.5, 0.6) is 5.75 Å². The van der Waals surface area contributed by atoms with Gasteiger partial charge >= 0.3 is 0 Å². The fourth-order valence-electron chi connectivity index (χ4n) is 3.85. The van der Waals surface area contributed by atoms with Crippen LogP contribution in [0.3, 0.4) is 0 Å². The minimum Gasteiger partial charge on any atom is -0.490 e. The van der Waals surface area contributed by atoms with E-state index in [-0.39, 0.29) is 24.0 Å². The van der Waals surface area contributed by atoms with Crippen molar-refractivity contribution in [2.75, 3.05) is 12.3 Å². The van der Waals surface area contributed by atoms with E-state index in [9.17, 15) is 4.21 Å². The van der Waals surface area contributed by atoms with Crippen molar-refractivity contribution in [3.8, 4) is 5.75 Å². The van der Waals surface area contributed by atoms with Crippen molar-refractivity contribution < 1.29 is 8.95 Å². The Morgan fingerprint density at radius 3 is 2.62 bits per heavy atom. The molecule has 0 aromatic heterocycles. The molecule has 2 N–H and O–H groups in total. The predicted molar refractivity (Wildman–Crippen MR) is 133 cm³/mol. The van der Waals surface area contributed by atoms with Crippen molar-refractivity contribution in [3.05, 3.63) is 29.8 Å². The van der Waals surface area contributed by atoms with Crippen molar-refractivity contribution in [1.82, 2.24) is 10.6 Å². The topological polar surface area (TPSA) is 62.7 Å². The van der Waals surface area contributed by atoms with E-state index >= 15 is 0 Å². The molecule has 2 aliphatic carbocycles. The SMILES string of the molecule is CCNC(=NCc1ccccc1OC1CCC1)NC1CCCC(S(=O)CC)C1.I. The number of ether oxygens (including phenoxy) is 1. The lowest BCUT2D eigenvalue weighted by Gasteiger charge is -2.30. The first-order valence-corrected chi connectivity index (χ1v) is 12.2. The van der Waals surface area contributed by atoms with Gasteiger partial charge in [-0.1, -0.05) is 31.5 Å². The Morgan fingerprint density at radius 1 is 1.17 bits per heavy atom. The van der Waals surface area contributed by atoms with E-state index in [0.29, 0.717) is 23.9 Å². The zero-order valence-electron chi connectivity index (χ0n) is 17.7. The Morgan fingerprint density at radius 2 is 1.93 bits per heavy atom. The molecule has 1 aromatic carbocycles.